The Hall–Kier alpha value is -3.33. The molecule has 1 heterocycles. The van der Waals surface area contributed by atoms with Crippen LogP contribution in [0.5, 0.6) is 17.2 Å². The molecular formula is C19H16ClF2N3O4. The van der Waals surface area contributed by atoms with Crippen LogP contribution in [0.1, 0.15) is 10.5 Å². The number of halogens is 3. The van der Waals surface area contributed by atoms with Crippen LogP contribution < -0.4 is 19.5 Å². The number of alkyl halides is 2. The van der Waals surface area contributed by atoms with Crippen molar-refractivity contribution in [3.8, 4) is 17.2 Å². The van der Waals surface area contributed by atoms with Gasteiger partial charge in [0.1, 0.15) is 11.4 Å². The molecule has 29 heavy (non-hydrogen) atoms. The second-order valence-corrected chi connectivity index (χ2v) is 6.03. The quantitative estimate of drug-likeness (QED) is 0.580. The largest absolute Gasteiger partial charge is 0.493 e. The van der Waals surface area contributed by atoms with Crippen LogP contribution in [-0.2, 0) is 6.73 Å². The Kier molecular flexibility index (Phi) is 6.50. The summed E-state index contributed by atoms with van der Waals surface area (Å²) in [6.45, 7) is -3.03. The maximum absolute atomic E-state index is 12.6. The number of benzene rings is 2. The number of amides is 1. The second kappa shape index (κ2) is 9.24. The zero-order valence-corrected chi connectivity index (χ0v) is 15.9. The fourth-order valence-electron chi connectivity index (χ4n) is 2.45. The molecule has 0 atom stereocenters. The third kappa shape index (κ3) is 5.14. The molecule has 0 saturated heterocycles. The van der Waals surface area contributed by atoms with E-state index in [1.54, 1.807) is 24.3 Å². The molecule has 0 aliphatic rings. The van der Waals surface area contributed by atoms with Crippen LogP contribution in [0.2, 0.25) is 5.02 Å². The van der Waals surface area contributed by atoms with Gasteiger partial charge in [0.05, 0.1) is 12.1 Å². The van der Waals surface area contributed by atoms with E-state index in [-0.39, 0.29) is 23.9 Å². The van der Waals surface area contributed by atoms with Gasteiger partial charge in [-0.2, -0.15) is 13.9 Å². The summed E-state index contributed by atoms with van der Waals surface area (Å²) in [6, 6.07) is 12.5. The van der Waals surface area contributed by atoms with E-state index in [9.17, 15) is 13.6 Å². The van der Waals surface area contributed by atoms with Gasteiger partial charge in [0.25, 0.3) is 5.91 Å². The summed E-state index contributed by atoms with van der Waals surface area (Å²) in [6.07, 6.45) is 1.45. The highest BCUT2D eigenvalue weighted by molar-refractivity contribution is 6.32. The van der Waals surface area contributed by atoms with Crippen molar-refractivity contribution < 1.29 is 27.8 Å². The number of nitrogens with one attached hydrogen (secondary N) is 1. The Morgan fingerprint density at radius 1 is 1.17 bits per heavy atom. The third-order valence-corrected chi connectivity index (χ3v) is 4.08. The van der Waals surface area contributed by atoms with Gasteiger partial charge in [-0.05, 0) is 30.3 Å². The standard InChI is InChI=1S/C19H16ClF2N3O4/c1-27-17-10-12(6-7-16(17)29-19(21)22)24-18(26)14-8-9-23-25(14)11-28-15-5-3-2-4-13(15)20/h2-10,19H,11H2,1H3,(H,24,26). The first kappa shape index (κ1) is 20.4. The molecule has 7 nitrogen and oxygen atoms in total. The first-order valence-electron chi connectivity index (χ1n) is 8.31. The van der Waals surface area contributed by atoms with Gasteiger partial charge < -0.3 is 19.5 Å². The minimum absolute atomic E-state index is 0.0377. The lowest BCUT2D eigenvalue weighted by Crippen LogP contribution is -2.19. The minimum atomic E-state index is -2.99. The second-order valence-electron chi connectivity index (χ2n) is 5.62. The highest BCUT2D eigenvalue weighted by atomic mass is 35.5. The summed E-state index contributed by atoms with van der Waals surface area (Å²) in [7, 11) is 1.31. The molecule has 0 radical (unpaired) electrons. The van der Waals surface area contributed by atoms with Crippen molar-refractivity contribution >= 4 is 23.2 Å². The van der Waals surface area contributed by atoms with Crippen LogP contribution in [0.15, 0.2) is 54.7 Å². The molecule has 1 amide bonds. The normalized spacial score (nSPS) is 10.7. The number of methoxy groups -OCH3 is 1. The van der Waals surface area contributed by atoms with E-state index in [1.165, 1.54) is 42.3 Å². The first-order chi connectivity index (χ1) is 14.0. The highest BCUT2D eigenvalue weighted by Crippen LogP contribution is 2.31. The molecule has 0 saturated carbocycles. The average molecular weight is 424 g/mol. The van der Waals surface area contributed by atoms with E-state index in [4.69, 9.17) is 21.1 Å². The summed E-state index contributed by atoms with van der Waals surface area (Å²) in [5.74, 6) is -0.109. The lowest BCUT2D eigenvalue weighted by Gasteiger charge is -2.13. The van der Waals surface area contributed by atoms with Crippen molar-refractivity contribution in [3.05, 3.63) is 65.4 Å². The van der Waals surface area contributed by atoms with Gasteiger partial charge in [0.2, 0.25) is 0 Å². The Morgan fingerprint density at radius 2 is 1.97 bits per heavy atom. The molecule has 0 fully saturated rings. The number of carbonyl (C=O) groups excluding carboxylic acids is 1. The molecule has 0 aliphatic carbocycles. The molecule has 3 rings (SSSR count). The van der Waals surface area contributed by atoms with Crippen LogP contribution in [0.3, 0.4) is 0 Å². The van der Waals surface area contributed by atoms with Crippen molar-refractivity contribution in [2.24, 2.45) is 0 Å². The molecule has 0 unspecified atom stereocenters. The minimum Gasteiger partial charge on any atom is -0.493 e. The van der Waals surface area contributed by atoms with E-state index in [2.05, 4.69) is 15.2 Å². The van der Waals surface area contributed by atoms with Crippen molar-refractivity contribution in [1.82, 2.24) is 9.78 Å². The molecule has 0 aliphatic heterocycles. The maximum Gasteiger partial charge on any atom is 0.387 e. The Labute approximate surface area is 169 Å². The summed E-state index contributed by atoms with van der Waals surface area (Å²) >= 11 is 6.04. The number of rotatable bonds is 8. The summed E-state index contributed by atoms with van der Waals surface area (Å²) in [5.41, 5.74) is 0.553. The Morgan fingerprint density at radius 3 is 2.69 bits per heavy atom. The maximum atomic E-state index is 12.6. The molecule has 10 heteroatoms. The molecule has 152 valence electrons. The van der Waals surface area contributed by atoms with E-state index in [0.717, 1.165) is 0 Å². The molecule has 1 aromatic heterocycles. The topological polar surface area (TPSA) is 74.6 Å². The van der Waals surface area contributed by atoms with Gasteiger partial charge in [-0.3, -0.25) is 4.79 Å². The van der Waals surface area contributed by atoms with Crippen molar-refractivity contribution in [2.75, 3.05) is 12.4 Å². The number of para-hydroxylation sites is 1. The van der Waals surface area contributed by atoms with Gasteiger partial charge in [-0.15, -0.1) is 0 Å². The van der Waals surface area contributed by atoms with Crippen LogP contribution in [0, 0.1) is 0 Å². The molecule has 0 spiro atoms. The Bertz CT molecular complexity index is 997. The van der Waals surface area contributed by atoms with Crippen molar-refractivity contribution in [2.45, 2.75) is 13.3 Å². The Balaban J connectivity index is 1.70. The van der Waals surface area contributed by atoms with Crippen LogP contribution in [0.4, 0.5) is 14.5 Å². The van der Waals surface area contributed by atoms with Crippen LogP contribution in [0.25, 0.3) is 0 Å². The summed E-state index contributed by atoms with van der Waals surface area (Å²) < 4.78 is 41.2. The highest BCUT2D eigenvalue weighted by Gasteiger charge is 2.16. The predicted octanol–water partition coefficient (Wildman–Crippen LogP) is 4.44. The van der Waals surface area contributed by atoms with Crippen LogP contribution >= 0.6 is 11.6 Å². The summed E-state index contributed by atoms with van der Waals surface area (Å²) in [4.78, 5) is 12.6. The SMILES string of the molecule is COc1cc(NC(=O)c2ccnn2COc2ccccc2Cl)ccc1OC(F)F. The number of anilines is 1. The molecular weight excluding hydrogens is 408 g/mol. The monoisotopic (exact) mass is 423 g/mol. The smallest absolute Gasteiger partial charge is 0.387 e. The number of nitrogens with zero attached hydrogens (tertiary/aromatic N) is 2. The molecule has 2 aromatic carbocycles. The van der Waals surface area contributed by atoms with Gasteiger partial charge in [0, 0.05) is 18.0 Å². The zero-order valence-electron chi connectivity index (χ0n) is 15.1. The fourth-order valence-corrected chi connectivity index (χ4v) is 2.65. The lowest BCUT2D eigenvalue weighted by atomic mass is 10.2. The third-order valence-electron chi connectivity index (χ3n) is 3.77. The van der Waals surface area contributed by atoms with E-state index < -0.39 is 12.5 Å². The molecule has 3 aromatic rings. The van der Waals surface area contributed by atoms with Crippen LogP contribution in [-0.4, -0.2) is 29.4 Å². The lowest BCUT2D eigenvalue weighted by molar-refractivity contribution is -0.0512. The average Bonchev–Trinajstić information content (AvgIpc) is 3.17. The number of hydrogen-bond acceptors (Lipinski definition) is 5. The number of carbonyl (C=O) groups is 1. The number of aromatic nitrogens is 2. The zero-order chi connectivity index (χ0) is 20.8. The van der Waals surface area contributed by atoms with E-state index >= 15 is 0 Å². The van der Waals surface area contributed by atoms with E-state index in [0.29, 0.717) is 16.5 Å². The van der Waals surface area contributed by atoms with Crippen molar-refractivity contribution in [3.63, 3.8) is 0 Å². The van der Waals surface area contributed by atoms with Gasteiger partial charge in [-0.1, -0.05) is 23.7 Å². The summed E-state index contributed by atoms with van der Waals surface area (Å²) in [5, 5.41) is 7.14. The molecule has 1 N–H and O–H groups in total. The van der Waals surface area contributed by atoms with Gasteiger partial charge in [0.15, 0.2) is 18.2 Å². The number of hydrogen-bond donors (Lipinski definition) is 1. The molecule has 0 bridgehead atoms. The van der Waals surface area contributed by atoms with Gasteiger partial charge >= 0.3 is 6.61 Å². The number of ether oxygens (including phenoxy) is 3. The van der Waals surface area contributed by atoms with E-state index in [1.807, 2.05) is 0 Å². The fraction of sp³-hybridized carbons (Fsp3) is 0.158. The predicted molar refractivity (Wildman–Crippen MR) is 102 cm³/mol. The van der Waals surface area contributed by atoms with Gasteiger partial charge in [-0.25, -0.2) is 4.68 Å². The first-order valence-corrected chi connectivity index (χ1v) is 8.69. The van der Waals surface area contributed by atoms with Crippen molar-refractivity contribution in [1.29, 1.82) is 0 Å².